The van der Waals surface area contributed by atoms with Crippen molar-refractivity contribution in [1.29, 1.82) is 0 Å². The van der Waals surface area contributed by atoms with Crippen LogP contribution in [-0.4, -0.2) is 273 Å². The Bertz CT molecular complexity index is 2630. The first kappa shape index (κ1) is 84.5. The second-order valence-electron chi connectivity index (χ2n) is 27.5. The molecule has 0 aliphatic heterocycles. The summed E-state index contributed by atoms with van der Waals surface area (Å²) in [6.07, 6.45) is 0.527. The van der Waals surface area contributed by atoms with Gasteiger partial charge in [0.2, 0.25) is 0 Å². The summed E-state index contributed by atoms with van der Waals surface area (Å²) < 4.78 is 39.4. The lowest BCUT2D eigenvalue weighted by Crippen LogP contribution is -2.52. The molecular formula is C66H106N6O22. The molecule has 2 aromatic rings. The number of rotatable bonds is 40. The van der Waals surface area contributed by atoms with Gasteiger partial charge in [0.15, 0.2) is 0 Å². The minimum absolute atomic E-state index is 0.0549. The molecule has 0 spiro atoms. The zero-order valence-corrected chi connectivity index (χ0v) is 58.3. The summed E-state index contributed by atoms with van der Waals surface area (Å²) in [7, 11) is 0. The highest BCUT2D eigenvalue weighted by atomic mass is 16.6. The predicted molar refractivity (Wildman–Crippen MR) is 347 cm³/mol. The SMILES string of the molecule is CCOc1ccc(C[C@@H](CN(CCN(CC(=O)O)CC(=O)O)CC(=O)O)N(CC(=O)O)CC(=O)O)cc1.CCOc1ccc(C[C@@H](CN(CCN(CC(=O)OC(C)(C)C)CC(=O)OC(C)(C)C)CC(=O)OC(C)(C)C)N(CC(=O)OC(C)(C)C)CC(=O)OC(C)(C)C)cc1. The highest BCUT2D eigenvalue weighted by Crippen LogP contribution is 2.21. The second kappa shape index (κ2) is 40.0. The molecule has 0 aliphatic rings. The quantitative estimate of drug-likeness (QED) is 0.0436. The molecular weight excluding hydrogens is 1230 g/mol. The van der Waals surface area contributed by atoms with E-state index in [1.807, 2.05) is 43.0 Å². The maximum atomic E-state index is 13.5. The van der Waals surface area contributed by atoms with E-state index in [0.29, 0.717) is 31.1 Å². The number of benzene rings is 2. The molecule has 0 amide bonds. The summed E-state index contributed by atoms with van der Waals surface area (Å²) in [6.45, 7) is 27.4. The van der Waals surface area contributed by atoms with Gasteiger partial charge in [-0.25, -0.2) is 0 Å². The highest BCUT2D eigenvalue weighted by molar-refractivity contribution is 5.77. The molecule has 2 rings (SSSR count). The number of hydrogen-bond donors (Lipinski definition) is 5. The van der Waals surface area contributed by atoms with Gasteiger partial charge < -0.3 is 58.7 Å². The molecule has 0 heterocycles. The van der Waals surface area contributed by atoms with Gasteiger partial charge in [0.05, 0.1) is 78.7 Å². The van der Waals surface area contributed by atoms with E-state index < -0.39 is 133 Å². The monoisotopic (exact) mass is 1330 g/mol. The van der Waals surface area contributed by atoms with Crippen molar-refractivity contribution in [3.05, 3.63) is 59.7 Å². The molecule has 0 radical (unpaired) electrons. The van der Waals surface area contributed by atoms with E-state index in [1.54, 1.807) is 138 Å². The Hall–Kier alpha value is -7.50. The molecule has 0 aliphatic carbocycles. The van der Waals surface area contributed by atoms with Crippen LogP contribution in [0.4, 0.5) is 0 Å². The number of carbonyl (C=O) groups excluding carboxylic acids is 5. The number of hydrogen-bond acceptors (Lipinski definition) is 23. The van der Waals surface area contributed by atoms with Crippen molar-refractivity contribution in [3.8, 4) is 11.5 Å². The fraction of sp³-hybridized carbons (Fsp3) is 0.667. The van der Waals surface area contributed by atoms with Gasteiger partial charge in [-0.3, -0.25) is 77.3 Å². The lowest BCUT2D eigenvalue weighted by molar-refractivity contribution is -0.163. The van der Waals surface area contributed by atoms with E-state index in [9.17, 15) is 63.3 Å². The minimum Gasteiger partial charge on any atom is -0.494 e. The first-order chi connectivity index (χ1) is 43.2. The van der Waals surface area contributed by atoms with Crippen LogP contribution >= 0.6 is 0 Å². The van der Waals surface area contributed by atoms with Gasteiger partial charge in [0.25, 0.3) is 0 Å². The number of nitrogens with zero attached hydrogens (tertiary/aromatic N) is 6. The predicted octanol–water partition coefficient (Wildman–Crippen LogP) is 4.94. The Morgan fingerprint density at radius 2 is 0.553 bits per heavy atom. The van der Waals surface area contributed by atoms with Crippen LogP contribution in [0.2, 0.25) is 0 Å². The molecule has 94 heavy (non-hydrogen) atoms. The fourth-order valence-corrected chi connectivity index (χ4v) is 9.30. The minimum atomic E-state index is -1.27. The van der Waals surface area contributed by atoms with Crippen LogP contribution in [0.3, 0.4) is 0 Å². The van der Waals surface area contributed by atoms with Crippen molar-refractivity contribution in [2.24, 2.45) is 0 Å². The topological polar surface area (TPSA) is 356 Å². The average molecular weight is 1340 g/mol. The molecule has 2 atom stereocenters. The third-order valence-corrected chi connectivity index (χ3v) is 12.4. The van der Waals surface area contributed by atoms with E-state index in [4.69, 9.17) is 43.4 Å². The standard InChI is InChI=1S/C43H73N3O11.C23H33N3O11/c1-17-52-33-20-18-31(19-21-33)24-32(46(29-37(50)56-42(11,12)13)30-38(51)57-43(14,15)16)25-44(26-34(47)53-39(2,3)4)22-23-45(27-35(48)54-40(5,6)7)28-36(49)55-41(8,9)10;1-2-37-18-5-3-16(4-6-18)9-17(26(14-22(33)34)15-23(35)36)10-24(11-19(27)28)7-8-25(12-20(29)30)13-21(31)32/h18-21,32H,17,22-30H2,1-16H3;3-6,17H,2,7-15H2,1H3,(H,27,28)(H,29,30)(H,31,32)(H,33,34)(H,35,36)/t32-;17-/m00/s1. The van der Waals surface area contributed by atoms with Crippen LogP contribution in [-0.2, 0) is 84.5 Å². The summed E-state index contributed by atoms with van der Waals surface area (Å²) in [6, 6.07) is 13.1. The van der Waals surface area contributed by atoms with Crippen LogP contribution in [0.5, 0.6) is 11.5 Å². The lowest BCUT2D eigenvalue weighted by Gasteiger charge is -2.36. The smallest absolute Gasteiger partial charge is 0.320 e. The summed E-state index contributed by atoms with van der Waals surface area (Å²) in [5.41, 5.74) is -2.24. The molecule has 2 aromatic carbocycles. The highest BCUT2D eigenvalue weighted by Gasteiger charge is 2.33. The van der Waals surface area contributed by atoms with Crippen molar-refractivity contribution >= 4 is 59.7 Å². The van der Waals surface area contributed by atoms with Gasteiger partial charge in [-0.2, -0.15) is 0 Å². The first-order valence-corrected chi connectivity index (χ1v) is 31.2. The summed E-state index contributed by atoms with van der Waals surface area (Å²) in [4.78, 5) is 132. The molecule has 0 fully saturated rings. The number of esters is 5. The Kier molecular flexibility index (Phi) is 36.0. The van der Waals surface area contributed by atoms with Gasteiger partial charge in [-0.05, 0) is 166 Å². The fourth-order valence-electron chi connectivity index (χ4n) is 9.30. The number of carboxylic acids is 5. The molecule has 5 N–H and O–H groups in total. The van der Waals surface area contributed by atoms with E-state index in [-0.39, 0.29) is 78.4 Å². The van der Waals surface area contributed by atoms with Crippen LogP contribution in [0.1, 0.15) is 129 Å². The molecule has 0 unspecified atom stereocenters. The first-order valence-electron chi connectivity index (χ1n) is 31.2. The van der Waals surface area contributed by atoms with E-state index in [1.165, 1.54) is 9.80 Å². The number of carboxylic acid groups (broad SMARTS) is 5. The third kappa shape index (κ3) is 42.7. The zero-order chi connectivity index (χ0) is 72.0. The van der Waals surface area contributed by atoms with Crippen molar-refractivity contribution in [1.82, 2.24) is 29.4 Å². The summed E-state index contributed by atoms with van der Waals surface area (Å²) in [5.74, 6) is -7.60. The van der Waals surface area contributed by atoms with Crippen LogP contribution in [0.15, 0.2) is 48.5 Å². The van der Waals surface area contributed by atoms with Gasteiger partial charge in [0.1, 0.15) is 39.5 Å². The Morgan fingerprint density at radius 3 is 0.819 bits per heavy atom. The van der Waals surface area contributed by atoms with Crippen LogP contribution in [0, 0.1) is 0 Å². The third-order valence-electron chi connectivity index (χ3n) is 12.4. The molecule has 28 nitrogen and oxygen atoms in total. The Labute approximate surface area is 553 Å². The number of aliphatic carboxylic acids is 5. The van der Waals surface area contributed by atoms with Crippen LogP contribution < -0.4 is 9.47 Å². The van der Waals surface area contributed by atoms with Gasteiger partial charge in [0, 0.05) is 51.4 Å². The van der Waals surface area contributed by atoms with E-state index in [0.717, 1.165) is 16.0 Å². The van der Waals surface area contributed by atoms with Gasteiger partial charge >= 0.3 is 59.7 Å². The zero-order valence-electron chi connectivity index (χ0n) is 58.3. The average Bonchev–Trinajstić information content (AvgIpc) is 0.870. The van der Waals surface area contributed by atoms with Crippen molar-refractivity contribution in [2.45, 2.75) is 171 Å². The number of ether oxygens (including phenoxy) is 7. The van der Waals surface area contributed by atoms with Gasteiger partial charge in [-0.1, -0.05) is 24.3 Å². The van der Waals surface area contributed by atoms with E-state index >= 15 is 0 Å². The second-order valence-corrected chi connectivity index (χ2v) is 27.5. The van der Waals surface area contributed by atoms with Crippen LogP contribution in [0.25, 0.3) is 0 Å². The summed E-state index contributed by atoms with van der Waals surface area (Å²) >= 11 is 0. The number of carbonyl (C=O) groups is 10. The Morgan fingerprint density at radius 1 is 0.330 bits per heavy atom. The molecule has 0 aromatic heterocycles. The molecule has 532 valence electrons. The Balaban J connectivity index is 0.00000103. The van der Waals surface area contributed by atoms with Gasteiger partial charge in [-0.15, -0.1) is 0 Å². The van der Waals surface area contributed by atoms with E-state index in [2.05, 4.69) is 0 Å². The van der Waals surface area contributed by atoms with Crippen molar-refractivity contribution < 1.29 is 107 Å². The molecule has 0 saturated carbocycles. The molecule has 0 saturated heterocycles. The van der Waals surface area contributed by atoms with Crippen molar-refractivity contribution in [2.75, 3.05) is 118 Å². The largest absolute Gasteiger partial charge is 0.494 e. The maximum absolute atomic E-state index is 13.5. The molecule has 0 bridgehead atoms. The lowest BCUT2D eigenvalue weighted by atomic mass is 10.0. The molecule has 28 heteroatoms. The van der Waals surface area contributed by atoms with Crippen molar-refractivity contribution in [3.63, 3.8) is 0 Å². The summed E-state index contributed by atoms with van der Waals surface area (Å²) in [5, 5.41) is 46.2. The maximum Gasteiger partial charge on any atom is 0.320 e. The normalized spacial score (nSPS) is 12.8.